The van der Waals surface area contributed by atoms with E-state index in [0.717, 1.165) is 34.9 Å². The number of hydrogen-bond donors (Lipinski definition) is 2. The smallest absolute Gasteiger partial charge is 0.126 e. The van der Waals surface area contributed by atoms with Crippen molar-refractivity contribution in [3.05, 3.63) is 42.0 Å². The number of ether oxygens (including phenoxy) is 1. The maximum atomic E-state index is 10.3. The van der Waals surface area contributed by atoms with Crippen LogP contribution < -0.4 is 10.5 Å². The summed E-state index contributed by atoms with van der Waals surface area (Å²) in [5.74, 6) is 1.40. The van der Waals surface area contributed by atoms with E-state index in [0.29, 0.717) is 5.92 Å². The van der Waals surface area contributed by atoms with E-state index in [2.05, 4.69) is 13.8 Å². The summed E-state index contributed by atoms with van der Waals surface area (Å²) in [5, 5.41) is 12.4. The fraction of sp³-hybridized carbons (Fsp3) is 0.444. The van der Waals surface area contributed by atoms with Gasteiger partial charge in [-0.05, 0) is 35.8 Å². The SMILES string of the molecule is COc1ccc([C@@H](N)[C@@H](O)CCC(C)C)c2ccccc12. The van der Waals surface area contributed by atoms with Gasteiger partial charge in [0.15, 0.2) is 0 Å². The van der Waals surface area contributed by atoms with Gasteiger partial charge in [-0.15, -0.1) is 0 Å². The highest BCUT2D eigenvalue weighted by molar-refractivity contribution is 5.91. The molecule has 3 heteroatoms. The summed E-state index contributed by atoms with van der Waals surface area (Å²) in [5.41, 5.74) is 7.27. The van der Waals surface area contributed by atoms with Gasteiger partial charge in [-0.25, -0.2) is 0 Å². The van der Waals surface area contributed by atoms with Crippen LogP contribution in [0.15, 0.2) is 36.4 Å². The lowest BCUT2D eigenvalue weighted by molar-refractivity contribution is 0.129. The number of aliphatic hydroxyl groups excluding tert-OH is 1. The van der Waals surface area contributed by atoms with Gasteiger partial charge >= 0.3 is 0 Å². The molecule has 0 aliphatic heterocycles. The molecule has 0 spiro atoms. The molecule has 0 radical (unpaired) electrons. The van der Waals surface area contributed by atoms with E-state index in [1.165, 1.54) is 0 Å². The average Bonchev–Trinajstić information content (AvgIpc) is 2.50. The van der Waals surface area contributed by atoms with Gasteiger partial charge in [0.25, 0.3) is 0 Å². The zero-order valence-electron chi connectivity index (χ0n) is 13.0. The molecule has 2 aromatic carbocycles. The van der Waals surface area contributed by atoms with Crippen LogP contribution in [0.5, 0.6) is 5.75 Å². The summed E-state index contributed by atoms with van der Waals surface area (Å²) < 4.78 is 5.40. The Balaban J connectivity index is 2.33. The lowest BCUT2D eigenvalue weighted by Crippen LogP contribution is -2.26. The van der Waals surface area contributed by atoms with Crippen molar-refractivity contribution in [3.63, 3.8) is 0 Å². The predicted molar refractivity (Wildman–Crippen MR) is 87.5 cm³/mol. The molecule has 2 atom stereocenters. The van der Waals surface area contributed by atoms with E-state index < -0.39 is 6.10 Å². The summed E-state index contributed by atoms with van der Waals surface area (Å²) >= 11 is 0. The van der Waals surface area contributed by atoms with E-state index in [1.54, 1.807) is 7.11 Å². The van der Waals surface area contributed by atoms with Gasteiger partial charge in [-0.1, -0.05) is 44.2 Å². The zero-order valence-corrected chi connectivity index (χ0v) is 13.0. The Morgan fingerprint density at radius 3 is 2.33 bits per heavy atom. The van der Waals surface area contributed by atoms with Crippen LogP contribution >= 0.6 is 0 Å². The minimum Gasteiger partial charge on any atom is -0.496 e. The normalized spacial score (nSPS) is 14.4. The van der Waals surface area contributed by atoms with Gasteiger partial charge in [0.1, 0.15) is 5.75 Å². The van der Waals surface area contributed by atoms with Crippen LogP contribution in [0.25, 0.3) is 10.8 Å². The lowest BCUT2D eigenvalue weighted by Gasteiger charge is -2.22. The van der Waals surface area contributed by atoms with Crippen molar-refractivity contribution in [2.24, 2.45) is 11.7 Å². The van der Waals surface area contributed by atoms with Crippen LogP contribution in [0, 0.1) is 5.92 Å². The molecular weight excluding hydrogens is 262 g/mol. The van der Waals surface area contributed by atoms with Gasteiger partial charge in [-0.2, -0.15) is 0 Å². The molecule has 3 N–H and O–H groups in total. The Bertz CT molecular complexity index is 595. The van der Waals surface area contributed by atoms with Crippen molar-refractivity contribution in [1.82, 2.24) is 0 Å². The number of aliphatic hydroxyl groups is 1. The molecule has 0 fully saturated rings. The van der Waals surface area contributed by atoms with Gasteiger partial charge in [0, 0.05) is 5.39 Å². The van der Waals surface area contributed by atoms with Crippen LogP contribution in [0.3, 0.4) is 0 Å². The van der Waals surface area contributed by atoms with Crippen molar-refractivity contribution in [1.29, 1.82) is 0 Å². The van der Waals surface area contributed by atoms with Gasteiger partial charge in [-0.3, -0.25) is 0 Å². The molecule has 0 aromatic heterocycles. The summed E-state index contributed by atoms with van der Waals surface area (Å²) in [6.07, 6.45) is 1.17. The zero-order chi connectivity index (χ0) is 15.4. The second-order valence-electron chi connectivity index (χ2n) is 5.97. The predicted octanol–water partition coefficient (Wildman–Crippen LogP) is 3.65. The van der Waals surface area contributed by atoms with Crippen LogP contribution in [0.1, 0.15) is 38.3 Å². The minimum atomic E-state index is -0.524. The number of fused-ring (bicyclic) bond motifs is 1. The summed E-state index contributed by atoms with van der Waals surface area (Å²) in [6.45, 7) is 4.31. The lowest BCUT2D eigenvalue weighted by atomic mass is 9.92. The molecule has 0 unspecified atom stereocenters. The number of nitrogens with two attached hydrogens (primary N) is 1. The minimum absolute atomic E-state index is 0.375. The van der Waals surface area contributed by atoms with Crippen molar-refractivity contribution >= 4 is 10.8 Å². The van der Waals surface area contributed by atoms with Gasteiger partial charge in [0.2, 0.25) is 0 Å². The van der Waals surface area contributed by atoms with Crippen molar-refractivity contribution < 1.29 is 9.84 Å². The first-order chi connectivity index (χ1) is 10.0. The Morgan fingerprint density at radius 1 is 1.05 bits per heavy atom. The number of benzene rings is 2. The summed E-state index contributed by atoms with van der Waals surface area (Å²) in [4.78, 5) is 0. The van der Waals surface area contributed by atoms with Gasteiger partial charge < -0.3 is 15.6 Å². The Morgan fingerprint density at radius 2 is 1.71 bits per heavy atom. The topological polar surface area (TPSA) is 55.5 Å². The third kappa shape index (κ3) is 3.55. The summed E-state index contributed by atoms with van der Waals surface area (Å²) in [6, 6.07) is 11.5. The van der Waals surface area contributed by atoms with E-state index >= 15 is 0 Å². The maximum absolute atomic E-state index is 10.3. The third-order valence-electron chi connectivity index (χ3n) is 3.95. The van der Waals surface area contributed by atoms with Crippen molar-refractivity contribution in [2.45, 2.75) is 38.8 Å². The quantitative estimate of drug-likeness (QED) is 0.852. The molecule has 0 amide bonds. The standard InChI is InChI=1S/C18H25NO2/c1-12(2)8-10-16(20)18(19)15-9-11-17(21-3)14-7-5-4-6-13(14)15/h4-7,9,11-12,16,18,20H,8,10,19H2,1-3H3/t16-,18+/m0/s1. The molecule has 2 aromatic rings. The number of methoxy groups -OCH3 is 1. The molecule has 0 aliphatic rings. The Labute approximate surface area is 126 Å². The second-order valence-corrected chi connectivity index (χ2v) is 5.97. The van der Waals surface area contributed by atoms with E-state index in [-0.39, 0.29) is 6.04 Å². The van der Waals surface area contributed by atoms with Crippen LogP contribution in [-0.4, -0.2) is 18.3 Å². The van der Waals surface area contributed by atoms with Crippen LogP contribution in [0.2, 0.25) is 0 Å². The fourth-order valence-corrected chi connectivity index (χ4v) is 2.65. The molecule has 114 valence electrons. The molecular formula is C18H25NO2. The third-order valence-corrected chi connectivity index (χ3v) is 3.95. The Hall–Kier alpha value is -1.58. The van der Waals surface area contributed by atoms with E-state index in [1.807, 2.05) is 36.4 Å². The Kier molecular flexibility index (Phi) is 5.21. The highest BCUT2D eigenvalue weighted by atomic mass is 16.5. The van der Waals surface area contributed by atoms with Crippen LogP contribution in [-0.2, 0) is 0 Å². The van der Waals surface area contributed by atoms with Crippen molar-refractivity contribution in [3.8, 4) is 5.75 Å². The largest absolute Gasteiger partial charge is 0.496 e. The molecule has 3 nitrogen and oxygen atoms in total. The first-order valence-corrected chi connectivity index (χ1v) is 7.54. The maximum Gasteiger partial charge on any atom is 0.126 e. The highest BCUT2D eigenvalue weighted by Gasteiger charge is 2.20. The fourth-order valence-electron chi connectivity index (χ4n) is 2.65. The molecule has 0 saturated carbocycles. The van der Waals surface area contributed by atoms with Crippen LogP contribution in [0.4, 0.5) is 0 Å². The molecule has 2 rings (SSSR count). The summed E-state index contributed by atoms with van der Waals surface area (Å²) in [7, 11) is 1.67. The monoisotopic (exact) mass is 287 g/mol. The molecule has 0 saturated heterocycles. The van der Waals surface area contributed by atoms with E-state index in [4.69, 9.17) is 10.5 Å². The number of hydrogen-bond acceptors (Lipinski definition) is 3. The molecule has 0 heterocycles. The first-order valence-electron chi connectivity index (χ1n) is 7.54. The number of rotatable bonds is 6. The van der Waals surface area contributed by atoms with Gasteiger partial charge in [0.05, 0.1) is 19.3 Å². The molecule has 0 aliphatic carbocycles. The average molecular weight is 287 g/mol. The first kappa shape index (κ1) is 15.8. The molecule has 0 bridgehead atoms. The highest BCUT2D eigenvalue weighted by Crippen LogP contribution is 2.32. The second kappa shape index (κ2) is 6.92. The van der Waals surface area contributed by atoms with Crippen molar-refractivity contribution in [2.75, 3.05) is 7.11 Å². The molecule has 21 heavy (non-hydrogen) atoms. The van der Waals surface area contributed by atoms with E-state index in [9.17, 15) is 5.11 Å².